The minimum atomic E-state index is 0.354. The van der Waals surface area contributed by atoms with Crippen LogP contribution >= 0.6 is 0 Å². The number of ether oxygens (including phenoxy) is 1. The van der Waals surface area contributed by atoms with Crippen LogP contribution in [0.3, 0.4) is 0 Å². The van der Waals surface area contributed by atoms with E-state index in [0.717, 1.165) is 19.7 Å². The maximum atomic E-state index is 6.05. The average molecular weight is 254 g/mol. The van der Waals surface area contributed by atoms with Gasteiger partial charge in [0.1, 0.15) is 0 Å². The van der Waals surface area contributed by atoms with Gasteiger partial charge in [-0.2, -0.15) is 0 Å². The van der Waals surface area contributed by atoms with Gasteiger partial charge in [0.25, 0.3) is 0 Å². The van der Waals surface area contributed by atoms with E-state index in [1.54, 1.807) is 0 Å². The number of hydrogen-bond acceptors (Lipinski definition) is 3. The van der Waals surface area contributed by atoms with Crippen LogP contribution in [0.5, 0.6) is 0 Å². The summed E-state index contributed by atoms with van der Waals surface area (Å²) >= 11 is 0. The van der Waals surface area contributed by atoms with Crippen LogP contribution < -0.4 is 5.73 Å². The molecule has 3 atom stereocenters. The van der Waals surface area contributed by atoms with Crippen molar-refractivity contribution in [2.75, 3.05) is 19.7 Å². The van der Waals surface area contributed by atoms with Crippen LogP contribution in [0.25, 0.3) is 0 Å². The van der Waals surface area contributed by atoms with Crippen LogP contribution in [0, 0.1) is 5.41 Å². The van der Waals surface area contributed by atoms with Crippen LogP contribution in [-0.4, -0.2) is 42.8 Å². The van der Waals surface area contributed by atoms with Gasteiger partial charge in [-0.3, -0.25) is 4.90 Å². The summed E-state index contributed by atoms with van der Waals surface area (Å²) < 4.78 is 5.95. The number of fused-ring (bicyclic) bond motifs is 1. The van der Waals surface area contributed by atoms with Crippen molar-refractivity contribution in [1.82, 2.24) is 4.90 Å². The second-order valence-electron chi connectivity index (χ2n) is 7.15. The minimum Gasteiger partial charge on any atom is -0.375 e. The molecular weight excluding hydrogens is 224 g/mol. The number of morpholine rings is 1. The Labute approximate surface area is 112 Å². The highest BCUT2D eigenvalue weighted by Crippen LogP contribution is 2.32. The first kappa shape index (κ1) is 14.3. The van der Waals surface area contributed by atoms with Gasteiger partial charge >= 0.3 is 0 Å². The monoisotopic (exact) mass is 254 g/mol. The second-order valence-corrected chi connectivity index (χ2v) is 7.15. The number of nitrogens with two attached hydrogens (primary N) is 1. The Morgan fingerprint density at radius 3 is 2.67 bits per heavy atom. The van der Waals surface area contributed by atoms with E-state index in [-0.39, 0.29) is 0 Å². The summed E-state index contributed by atoms with van der Waals surface area (Å²) in [6.07, 6.45) is 6.89. The van der Waals surface area contributed by atoms with Gasteiger partial charge in [-0.25, -0.2) is 0 Å². The van der Waals surface area contributed by atoms with Gasteiger partial charge in [-0.15, -0.1) is 0 Å². The van der Waals surface area contributed by atoms with E-state index >= 15 is 0 Å². The standard InChI is InChI=1S/C15H30N2O/c1-15(2,3)10-12(11-16)17-8-9-18-14-7-5-4-6-13(14)17/h12-14H,4-11,16H2,1-3H3. The molecule has 2 rings (SSSR count). The lowest BCUT2D eigenvalue weighted by Crippen LogP contribution is -2.58. The largest absolute Gasteiger partial charge is 0.375 e. The van der Waals surface area contributed by atoms with Gasteiger partial charge < -0.3 is 10.5 Å². The first-order valence-corrected chi connectivity index (χ1v) is 7.59. The highest BCUT2D eigenvalue weighted by molar-refractivity contribution is 4.92. The Balaban J connectivity index is 2.03. The molecule has 1 heterocycles. The number of hydrogen-bond donors (Lipinski definition) is 1. The molecule has 0 spiro atoms. The summed E-state index contributed by atoms with van der Waals surface area (Å²) in [5, 5.41) is 0. The normalized spacial score (nSPS) is 32.0. The quantitative estimate of drug-likeness (QED) is 0.840. The Morgan fingerprint density at radius 1 is 1.28 bits per heavy atom. The zero-order valence-corrected chi connectivity index (χ0v) is 12.3. The highest BCUT2D eigenvalue weighted by Gasteiger charge is 2.38. The zero-order valence-electron chi connectivity index (χ0n) is 12.3. The maximum Gasteiger partial charge on any atom is 0.0731 e. The van der Waals surface area contributed by atoms with E-state index < -0.39 is 0 Å². The molecule has 2 fully saturated rings. The summed E-state index contributed by atoms with van der Waals surface area (Å²) in [6, 6.07) is 1.16. The number of nitrogens with zero attached hydrogens (tertiary/aromatic N) is 1. The SMILES string of the molecule is CC(C)(C)CC(CN)N1CCOC2CCCCC21. The van der Waals surface area contributed by atoms with Crippen molar-refractivity contribution in [3.05, 3.63) is 0 Å². The molecule has 1 aliphatic carbocycles. The highest BCUT2D eigenvalue weighted by atomic mass is 16.5. The first-order chi connectivity index (χ1) is 8.51. The summed E-state index contributed by atoms with van der Waals surface area (Å²) in [4.78, 5) is 2.67. The molecule has 2 N–H and O–H groups in total. The predicted octanol–water partition coefficient (Wildman–Crippen LogP) is 2.39. The molecule has 0 radical (unpaired) electrons. The van der Waals surface area contributed by atoms with E-state index in [9.17, 15) is 0 Å². The van der Waals surface area contributed by atoms with E-state index in [0.29, 0.717) is 23.6 Å². The molecule has 106 valence electrons. The molecule has 0 bridgehead atoms. The van der Waals surface area contributed by atoms with E-state index in [1.165, 1.54) is 32.1 Å². The van der Waals surface area contributed by atoms with Gasteiger partial charge in [-0.1, -0.05) is 33.6 Å². The smallest absolute Gasteiger partial charge is 0.0731 e. The van der Waals surface area contributed by atoms with Gasteiger partial charge in [-0.05, 0) is 24.7 Å². The van der Waals surface area contributed by atoms with Gasteiger partial charge in [0.05, 0.1) is 12.7 Å². The van der Waals surface area contributed by atoms with Crippen molar-refractivity contribution in [2.24, 2.45) is 11.1 Å². The van der Waals surface area contributed by atoms with Crippen molar-refractivity contribution >= 4 is 0 Å². The predicted molar refractivity (Wildman–Crippen MR) is 75.6 cm³/mol. The Morgan fingerprint density at radius 2 is 2.00 bits per heavy atom. The molecule has 0 amide bonds. The van der Waals surface area contributed by atoms with E-state index in [4.69, 9.17) is 10.5 Å². The molecule has 3 heteroatoms. The molecule has 2 aliphatic rings. The minimum absolute atomic E-state index is 0.354. The van der Waals surface area contributed by atoms with E-state index in [1.807, 2.05) is 0 Å². The molecule has 1 saturated carbocycles. The summed E-state index contributed by atoms with van der Waals surface area (Å²) in [6.45, 7) is 9.68. The average Bonchev–Trinajstić information content (AvgIpc) is 2.34. The number of rotatable bonds is 3. The molecule has 3 unspecified atom stereocenters. The summed E-state index contributed by atoms with van der Waals surface area (Å²) in [5.74, 6) is 0. The third kappa shape index (κ3) is 3.46. The fourth-order valence-electron chi connectivity index (χ4n) is 3.62. The van der Waals surface area contributed by atoms with Crippen molar-refractivity contribution in [3.8, 4) is 0 Å². The molecule has 3 nitrogen and oxygen atoms in total. The lowest BCUT2D eigenvalue weighted by molar-refractivity contribution is -0.105. The first-order valence-electron chi connectivity index (χ1n) is 7.59. The maximum absolute atomic E-state index is 6.05. The third-order valence-electron chi connectivity index (χ3n) is 4.36. The molecule has 0 aromatic rings. The molecule has 18 heavy (non-hydrogen) atoms. The molecule has 1 aliphatic heterocycles. The van der Waals surface area contributed by atoms with Crippen LogP contribution in [-0.2, 0) is 4.74 Å². The van der Waals surface area contributed by atoms with Gasteiger partial charge in [0, 0.05) is 25.2 Å². The fraction of sp³-hybridized carbons (Fsp3) is 1.00. The van der Waals surface area contributed by atoms with Gasteiger partial charge in [0.2, 0.25) is 0 Å². The lowest BCUT2D eigenvalue weighted by atomic mass is 9.84. The summed E-state index contributed by atoms with van der Waals surface area (Å²) in [5.41, 5.74) is 6.40. The van der Waals surface area contributed by atoms with Crippen molar-refractivity contribution in [1.29, 1.82) is 0 Å². The molecule has 1 saturated heterocycles. The van der Waals surface area contributed by atoms with Gasteiger partial charge in [0.15, 0.2) is 0 Å². The van der Waals surface area contributed by atoms with Crippen LogP contribution in [0.15, 0.2) is 0 Å². The van der Waals surface area contributed by atoms with Crippen molar-refractivity contribution in [2.45, 2.75) is 71.1 Å². The topological polar surface area (TPSA) is 38.5 Å². The van der Waals surface area contributed by atoms with E-state index in [2.05, 4.69) is 25.7 Å². The summed E-state index contributed by atoms with van der Waals surface area (Å²) in [7, 11) is 0. The third-order valence-corrected chi connectivity index (χ3v) is 4.36. The Hall–Kier alpha value is -0.120. The molecule has 0 aromatic heterocycles. The van der Waals surface area contributed by atoms with Crippen LogP contribution in [0.2, 0.25) is 0 Å². The fourth-order valence-corrected chi connectivity index (χ4v) is 3.62. The second kappa shape index (κ2) is 5.89. The van der Waals surface area contributed by atoms with Crippen molar-refractivity contribution < 1.29 is 4.74 Å². The molecular formula is C15H30N2O. The molecule has 0 aromatic carbocycles. The van der Waals surface area contributed by atoms with Crippen molar-refractivity contribution in [3.63, 3.8) is 0 Å². The Bertz CT molecular complexity index is 260. The van der Waals surface area contributed by atoms with Crippen LogP contribution in [0.4, 0.5) is 0 Å². The lowest BCUT2D eigenvalue weighted by Gasteiger charge is -2.48. The zero-order chi connectivity index (χ0) is 13.2. The van der Waals surface area contributed by atoms with Crippen LogP contribution in [0.1, 0.15) is 52.9 Å². The Kier molecular flexibility index (Phi) is 4.68.